The smallest absolute Gasteiger partial charge is 0.119 e. The molecule has 2 unspecified atom stereocenters. The van der Waals surface area contributed by atoms with Crippen molar-refractivity contribution >= 4 is 0 Å². The number of piperidine rings is 1. The van der Waals surface area contributed by atoms with Gasteiger partial charge in [-0.1, -0.05) is 25.5 Å². The molecule has 1 aromatic rings. The van der Waals surface area contributed by atoms with Crippen LogP contribution >= 0.6 is 0 Å². The third-order valence-corrected chi connectivity index (χ3v) is 4.10. The first-order valence-corrected chi connectivity index (χ1v) is 7.82. The van der Waals surface area contributed by atoms with Crippen LogP contribution < -0.4 is 10.5 Å². The van der Waals surface area contributed by atoms with Crippen molar-refractivity contribution in [1.82, 2.24) is 4.90 Å². The Morgan fingerprint density at radius 2 is 2.00 bits per heavy atom. The minimum absolute atomic E-state index is 0.231. The fourth-order valence-electron chi connectivity index (χ4n) is 2.90. The average molecular weight is 276 g/mol. The van der Waals surface area contributed by atoms with Crippen molar-refractivity contribution in [3.05, 3.63) is 29.8 Å². The van der Waals surface area contributed by atoms with Gasteiger partial charge >= 0.3 is 0 Å². The SMILES string of the molecule is CCC1CN(Cc2ccc(OC(C)C)cc2)CCC1N. The maximum atomic E-state index is 6.17. The van der Waals surface area contributed by atoms with E-state index >= 15 is 0 Å². The zero-order chi connectivity index (χ0) is 14.5. The lowest BCUT2D eigenvalue weighted by Crippen LogP contribution is -2.46. The van der Waals surface area contributed by atoms with Crippen molar-refractivity contribution in [3.8, 4) is 5.75 Å². The second-order valence-corrected chi connectivity index (χ2v) is 6.17. The molecule has 1 aliphatic heterocycles. The monoisotopic (exact) mass is 276 g/mol. The van der Waals surface area contributed by atoms with Crippen LogP contribution in [0.25, 0.3) is 0 Å². The summed E-state index contributed by atoms with van der Waals surface area (Å²) in [4.78, 5) is 2.52. The Morgan fingerprint density at radius 1 is 1.30 bits per heavy atom. The molecule has 2 atom stereocenters. The van der Waals surface area contributed by atoms with Gasteiger partial charge in [0.2, 0.25) is 0 Å². The predicted molar refractivity (Wildman–Crippen MR) is 83.9 cm³/mol. The highest BCUT2D eigenvalue weighted by molar-refractivity contribution is 5.27. The Balaban J connectivity index is 1.90. The lowest BCUT2D eigenvalue weighted by molar-refractivity contribution is 0.145. The quantitative estimate of drug-likeness (QED) is 0.898. The van der Waals surface area contributed by atoms with E-state index in [0.29, 0.717) is 12.0 Å². The zero-order valence-corrected chi connectivity index (χ0v) is 13.0. The van der Waals surface area contributed by atoms with Crippen LogP contribution in [-0.4, -0.2) is 30.1 Å². The standard InChI is InChI=1S/C17H28N2O/c1-4-15-12-19(10-9-17(15)18)11-14-5-7-16(8-6-14)20-13(2)3/h5-8,13,15,17H,4,9-12,18H2,1-3H3. The topological polar surface area (TPSA) is 38.5 Å². The molecule has 2 rings (SSSR count). The van der Waals surface area contributed by atoms with Crippen LogP contribution in [0.15, 0.2) is 24.3 Å². The van der Waals surface area contributed by atoms with Gasteiger partial charge in [0.1, 0.15) is 5.75 Å². The first-order valence-electron chi connectivity index (χ1n) is 7.82. The van der Waals surface area contributed by atoms with Crippen LogP contribution in [0.4, 0.5) is 0 Å². The summed E-state index contributed by atoms with van der Waals surface area (Å²) < 4.78 is 5.68. The molecule has 0 aromatic heterocycles. The Morgan fingerprint density at radius 3 is 2.60 bits per heavy atom. The molecular weight excluding hydrogens is 248 g/mol. The fraction of sp³-hybridized carbons (Fsp3) is 0.647. The van der Waals surface area contributed by atoms with Gasteiger partial charge in [0, 0.05) is 19.1 Å². The van der Waals surface area contributed by atoms with Crippen molar-refractivity contribution in [2.45, 2.75) is 52.3 Å². The Labute approximate surface area is 123 Å². The van der Waals surface area contributed by atoms with Crippen LogP contribution in [0.3, 0.4) is 0 Å². The molecular formula is C17H28N2O. The predicted octanol–water partition coefficient (Wildman–Crippen LogP) is 3.03. The summed E-state index contributed by atoms with van der Waals surface area (Å²) >= 11 is 0. The van der Waals surface area contributed by atoms with Gasteiger partial charge < -0.3 is 10.5 Å². The van der Waals surface area contributed by atoms with Gasteiger partial charge in [0.15, 0.2) is 0 Å². The third kappa shape index (κ3) is 4.22. The van der Waals surface area contributed by atoms with E-state index < -0.39 is 0 Å². The number of likely N-dealkylation sites (tertiary alicyclic amines) is 1. The van der Waals surface area contributed by atoms with E-state index in [1.807, 2.05) is 0 Å². The molecule has 1 saturated heterocycles. The Hall–Kier alpha value is -1.06. The third-order valence-electron chi connectivity index (χ3n) is 4.10. The molecule has 0 amide bonds. The maximum Gasteiger partial charge on any atom is 0.119 e. The van der Waals surface area contributed by atoms with Crippen LogP contribution in [0.5, 0.6) is 5.75 Å². The molecule has 1 fully saturated rings. The number of nitrogens with two attached hydrogens (primary N) is 1. The van der Waals surface area contributed by atoms with Crippen LogP contribution in [0.1, 0.15) is 39.2 Å². The van der Waals surface area contributed by atoms with Crippen LogP contribution in [0.2, 0.25) is 0 Å². The first-order chi connectivity index (χ1) is 9.58. The summed E-state index contributed by atoms with van der Waals surface area (Å²) in [6.45, 7) is 9.60. The molecule has 1 heterocycles. The second kappa shape index (κ2) is 7.09. The fourth-order valence-corrected chi connectivity index (χ4v) is 2.90. The summed E-state index contributed by atoms with van der Waals surface area (Å²) in [6, 6.07) is 8.88. The van der Waals surface area contributed by atoms with Crippen molar-refractivity contribution < 1.29 is 4.74 Å². The van der Waals surface area contributed by atoms with Crippen molar-refractivity contribution in [2.24, 2.45) is 11.7 Å². The molecule has 2 N–H and O–H groups in total. The second-order valence-electron chi connectivity index (χ2n) is 6.17. The maximum absolute atomic E-state index is 6.17. The van der Waals surface area contributed by atoms with E-state index in [2.05, 4.69) is 49.9 Å². The number of hydrogen-bond acceptors (Lipinski definition) is 3. The molecule has 20 heavy (non-hydrogen) atoms. The number of hydrogen-bond donors (Lipinski definition) is 1. The lowest BCUT2D eigenvalue weighted by atomic mass is 9.90. The lowest BCUT2D eigenvalue weighted by Gasteiger charge is -2.36. The Bertz CT molecular complexity index is 402. The van der Waals surface area contributed by atoms with Crippen molar-refractivity contribution in [3.63, 3.8) is 0 Å². The summed E-state index contributed by atoms with van der Waals surface area (Å²) in [5, 5.41) is 0. The van der Waals surface area contributed by atoms with Crippen molar-refractivity contribution in [2.75, 3.05) is 13.1 Å². The van der Waals surface area contributed by atoms with Gasteiger partial charge in [0.05, 0.1) is 6.10 Å². The van der Waals surface area contributed by atoms with Crippen LogP contribution in [-0.2, 0) is 6.54 Å². The molecule has 3 heteroatoms. The van der Waals surface area contributed by atoms with Gasteiger partial charge in [0.25, 0.3) is 0 Å². The van der Waals surface area contributed by atoms with Gasteiger partial charge in [-0.15, -0.1) is 0 Å². The van der Waals surface area contributed by atoms with Crippen molar-refractivity contribution in [1.29, 1.82) is 0 Å². The average Bonchev–Trinajstić information content (AvgIpc) is 2.42. The normalized spacial score (nSPS) is 24.1. The van der Waals surface area contributed by atoms with E-state index in [4.69, 9.17) is 10.5 Å². The minimum atomic E-state index is 0.231. The van der Waals surface area contributed by atoms with Gasteiger partial charge in [-0.25, -0.2) is 0 Å². The van der Waals surface area contributed by atoms with Crippen LogP contribution in [0, 0.1) is 5.92 Å². The van der Waals surface area contributed by atoms with Gasteiger partial charge in [-0.2, -0.15) is 0 Å². The molecule has 1 aliphatic rings. The summed E-state index contributed by atoms with van der Waals surface area (Å²) in [7, 11) is 0. The first kappa shape index (κ1) is 15.3. The number of nitrogens with zero attached hydrogens (tertiary/aromatic N) is 1. The summed E-state index contributed by atoms with van der Waals surface area (Å²) in [5.41, 5.74) is 7.52. The molecule has 0 saturated carbocycles. The summed E-state index contributed by atoms with van der Waals surface area (Å²) in [6.07, 6.45) is 2.53. The van der Waals surface area contributed by atoms with E-state index in [-0.39, 0.29) is 6.10 Å². The van der Waals surface area contributed by atoms with E-state index in [9.17, 15) is 0 Å². The van der Waals surface area contributed by atoms with E-state index in [1.54, 1.807) is 0 Å². The molecule has 0 aliphatic carbocycles. The Kier molecular flexibility index (Phi) is 5.44. The molecule has 3 nitrogen and oxygen atoms in total. The number of rotatable bonds is 5. The van der Waals surface area contributed by atoms with E-state index in [1.165, 1.54) is 12.0 Å². The van der Waals surface area contributed by atoms with Gasteiger partial charge in [-0.05, 0) is 50.4 Å². The molecule has 112 valence electrons. The van der Waals surface area contributed by atoms with E-state index in [0.717, 1.165) is 31.8 Å². The molecule has 0 radical (unpaired) electrons. The highest BCUT2D eigenvalue weighted by atomic mass is 16.5. The molecule has 1 aromatic carbocycles. The van der Waals surface area contributed by atoms with Gasteiger partial charge in [-0.3, -0.25) is 4.90 Å². The molecule has 0 spiro atoms. The zero-order valence-electron chi connectivity index (χ0n) is 13.0. The largest absolute Gasteiger partial charge is 0.491 e. The minimum Gasteiger partial charge on any atom is -0.491 e. The highest BCUT2D eigenvalue weighted by Crippen LogP contribution is 2.21. The number of ether oxygens (including phenoxy) is 1. The highest BCUT2D eigenvalue weighted by Gasteiger charge is 2.24. The molecule has 0 bridgehead atoms. The summed E-state index contributed by atoms with van der Waals surface area (Å²) in [5.74, 6) is 1.60. The number of benzene rings is 1.